The molecule has 0 bridgehead atoms. The third-order valence-corrected chi connectivity index (χ3v) is 3.95. The van der Waals surface area contributed by atoms with Gasteiger partial charge in [0.1, 0.15) is 0 Å². The van der Waals surface area contributed by atoms with Crippen molar-refractivity contribution < 1.29 is 0 Å². The average molecular weight is 359 g/mol. The SMILES string of the molecule is CN(C)CCn1ncc(Br)c1C(N)c1ccncc1Cl. The fraction of sp³-hybridized carbons (Fsp3) is 0.385. The van der Waals surface area contributed by atoms with Crippen molar-refractivity contribution in [2.45, 2.75) is 12.6 Å². The highest BCUT2D eigenvalue weighted by molar-refractivity contribution is 9.10. The highest BCUT2D eigenvalue weighted by atomic mass is 79.9. The number of nitrogens with zero attached hydrogens (tertiary/aromatic N) is 4. The maximum atomic E-state index is 6.35. The molecule has 0 aliphatic heterocycles. The van der Waals surface area contributed by atoms with E-state index in [1.165, 1.54) is 0 Å². The van der Waals surface area contributed by atoms with Crippen LogP contribution in [0.3, 0.4) is 0 Å². The van der Waals surface area contributed by atoms with Crippen molar-refractivity contribution in [1.82, 2.24) is 19.7 Å². The summed E-state index contributed by atoms with van der Waals surface area (Å²) in [6, 6.07) is 1.49. The summed E-state index contributed by atoms with van der Waals surface area (Å²) in [6.07, 6.45) is 5.06. The first-order valence-electron chi connectivity index (χ1n) is 6.21. The van der Waals surface area contributed by atoms with E-state index in [-0.39, 0.29) is 6.04 Å². The second kappa shape index (κ2) is 6.67. The molecule has 20 heavy (non-hydrogen) atoms. The Hall–Kier alpha value is -0.950. The zero-order chi connectivity index (χ0) is 14.7. The van der Waals surface area contributed by atoms with Gasteiger partial charge in [-0.1, -0.05) is 11.6 Å². The lowest BCUT2D eigenvalue weighted by Gasteiger charge is -2.18. The standard InChI is InChI=1S/C13H17BrClN5/c1-19(2)5-6-20-13(10(14)7-18-20)12(16)9-3-4-17-8-11(9)15/h3-4,7-8,12H,5-6,16H2,1-2H3. The molecule has 0 amide bonds. The minimum Gasteiger partial charge on any atom is -0.319 e. The molecule has 1 atom stereocenters. The van der Waals surface area contributed by atoms with E-state index < -0.39 is 0 Å². The Labute approximate surface area is 131 Å². The summed E-state index contributed by atoms with van der Waals surface area (Å²) < 4.78 is 2.79. The van der Waals surface area contributed by atoms with E-state index in [0.29, 0.717) is 5.02 Å². The van der Waals surface area contributed by atoms with Crippen molar-refractivity contribution in [2.24, 2.45) is 5.73 Å². The number of pyridine rings is 1. The van der Waals surface area contributed by atoms with Crippen LogP contribution in [0.1, 0.15) is 17.3 Å². The van der Waals surface area contributed by atoms with Gasteiger partial charge in [-0.2, -0.15) is 5.10 Å². The zero-order valence-corrected chi connectivity index (χ0v) is 13.8. The van der Waals surface area contributed by atoms with Gasteiger partial charge in [0, 0.05) is 18.9 Å². The molecule has 1 unspecified atom stereocenters. The third-order valence-electron chi connectivity index (χ3n) is 3.03. The fourth-order valence-corrected chi connectivity index (χ4v) is 2.72. The van der Waals surface area contributed by atoms with Crippen LogP contribution in [0.2, 0.25) is 5.02 Å². The van der Waals surface area contributed by atoms with Crippen molar-refractivity contribution in [3.05, 3.63) is 45.4 Å². The molecule has 0 aliphatic rings. The molecule has 0 fully saturated rings. The van der Waals surface area contributed by atoms with Gasteiger partial charge in [0.25, 0.3) is 0 Å². The Kier molecular flexibility index (Phi) is 5.15. The van der Waals surface area contributed by atoms with Crippen molar-refractivity contribution in [2.75, 3.05) is 20.6 Å². The molecule has 2 rings (SSSR count). The molecule has 108 valence electrons. The minimum atomic E-state index is -0.343. The number of hydrogen-bond acceptors (Lipinski definition) is 4. The summed E-state index contributed by atoms with van der Waals surface area (Å²) >= 11 is 9.68. The summed E-state index contributed by atoms with van der Waals surface area (Å²) in [6.45, 7) is 1.66. The van der Waals surface area contributed by atoms with Gasteiger partial charge < -0.3 is 10.6 Å². The number of hydrogen-bond donors (Lipinski definition) is 1. The number of aromatic nitrogens is 3. The molecular formula is C13H17BrClN5. The van der Waals surface area contributed by atoms with Crippen LogP contribution < -0.4 is 5.73 Å². The normalized spacial score (nSPS) is 12.9. The lowest BCUT2D eigenvalue weighted by molar-refractivity contribution is 0.368. The van der Waals surface area contributed by atoms with Gasteiger partial charge >= 0.3 is 0 Å². The Bertz CT molecular complexity index is 584. The lowest BCUT2D eigenvalue weighted by atomic mass is 10.1. The van der Waals surface area contributed by atoms with Gasteiger partial charge in [0.2, 0.25) is 0 Å². The number of likely N-dealkylation sites (N-methyl/N-ethyl adjacent to an activating group) is 1. The molecule has 0 saturated carbocycles. The van der Waals surface area contributed by atoms with Crippen molar-refractivity contribution in [1.29, 1.82) is 0 Å². The molecule has 0 saturated heterocycles. The minimum absolute atomic E-state index is 0.343. The zero-order valence-electron chi connectivity index (χ0n) is 11.4. The monoisotopic (exact) mass is 357 g/mol. The number of halogens is 2. The summed E-state index contributed by atoms with van der Waals surface area (Å²) in [5.41, 5.74) is 8.11. The second-order valence-corrected chi connectivity index (χ2v) is 6.04. The van der Waals surface area contributed by atoms with E-state index in [1.54, 1.807) is 18.6 Å². The predicted octanol–water partition coefficient (Wildman–Crippen LogP) is 2.30. The van der Waals surface area contributed by atoms with E-state index in [4.69, 9.17) is 17.3 Å². The van der Waals surface area contributed by atoms with Crippen LogP contribution in [0, 0.1) is 0 Å². The molecule has 5 nitrogen and oxygen atoms in total. The molecule has 2 aromatic heterocycles. The molecule has 2 heterocycles. The van der Waals surface area contributed by atoms with Gasteiger partial charge in [-0.25, -0.2) is 0 Å². The van der Waals surface area contributed by atoms with Crippen LogP contribution in [0.15, 0.2) is 29.1 Å². The molecule has 0 radical (unpaired) electrons. The van der Waals surface area contributed by atoms with E-state index in [0.717, 1.165) is 28.8 Å². The molecule has 2 aromatic rings. The van der Waals surface area contributed by atoms with Crippen LogP contribution in [-0.4, -0.2) is 40.3 Å². The maximum Gasteiger partial charge on any atom is 0.0750 e. The fourth-order valence-electron chi connectivity index (χ4n) is 1.94. The van der Waals surface area contributed by atoms with Gasteiger partial charge in [-0.15, -0.1) is 0 Å². The summed E-state index contributed by atoms with van der Waals surface area (Å²) in [7, 11) is 4.05. The largest absolute Gasteiger partial charge is 0.319 e. The summed E-state index contributed by atoms with van der Waals surface area (Å²) in [4.78, 5) is 6.09. The Morgan fingerprint density at radius 3 is 2.85 bits per heavy atom. The lowest BCUT2D eigenvalue weighted by Crippen LogP contribution is -2.23. The smallest absolute Gasteiger partial charge is 0.0750 e. The Morgan fingerprint density at radius 1 is 1.45 bits per heavy atom. The van der Waals surface area contributed by atoms with E-state index >= 15 is 0 Å². The molecule has 7 heteroatoms. The first-order chi connectivity index (χ1) is 9.50. The van der Waals surface area contributed by atoms with Crippen LogP contribution in [0.25, 0.3) is 0 Å². The summed E-state index contributed by atoms with van der Waals surface area (Å²) in [5.74, 6) is 0. The van der Waals surface area contributed by atoms with Crippen LogP contribution in [0.5, 0.6) is 0 Å². The van der Waals surface area contributed by atoms with Gasteiger partial charge in [0.05, 0.1) is 34.0 Å². The number of nitrogens with two attached hydrogens (primary N) is 1. The van der Waals surface area contributed by atoms with E-state index in [9.17, 15) is 0 Å². The van der Waals surface area contributed by atoms with Gasteiger partial charge in [-0.05, 0) is 41.7 Å². The topological polar surface area (TPSA) is 60.0 Å². The highest BCUT2D eigenvalue weighted by Crippen LogP contribution is 2.30. The first-order valence-corrected chi connectivity index (χ1v) is 7.38. The van der Waals surface area contributed by atoms with Crippen LogP contribution >= 0.6 is 27.5 Å². The molecule has 2 N–H and O–H groups in total. The summed E-state index contributed by atoms with van der Waals surface area (Å²) in [5, 5.41) is 4.93. The Morgan fingerprint density at radius 2 is 2.20 bits per heavy atom. The van der Waals surface area contributed by atoms with Gasteiger partial charge in [0.15, 0.2) is 0 Å². The number of rotatable bonds is 5. The van der Waals surface area contributed by atoms with E-state index in [2.05, 4.69) is 30.9 Å². The molecule has 0 aliphatic carbocycles. The van der Waals surface area contributed by atoms with Crippen molar-refractivity contribution in [3.63, 3.8) is 0 Å². The average Bonchev–Trinajstić information content (AvgIpc) is 2.77. The van der Waals surface area contributed by atoms with E-state index in [1.807, 2.05) is 24.8 Å². The first kappa shape index (κ1) is 15.4. The maximum absolute atomic E-state index is 6.35. The van der Waals surface area contributed by atoms with Crippen LogP contribution in [-0.2, 0) is 6.54 Å². The van der Waals surface area contributed by atoms with Gasteiger partial charge in [-0.3, -0.25) is 9.67 Å². The predicted molar refractivity (Wildman–Crippen MR) is 83.8 cm³/mol. The van der Waals surface area contributed by atoms with Crippen molar-refractivity contribution >= 4 is 27.5 Å². The van der Waals surface area contributed by atoms with Crippen molar-refractivity contribution in [3.8, 4) is 0 Å². The molecule has 0 aromatic carbocycles. The van der Waals surface area contributed by atoms with Crippen LogP contribution in [0.4, 0.5) is 0 Å². The highest BCUT2D eigenvalue weighted by Gasteiger charge is 2.20. The Balaban J connectivity index is 2.32. The second-order valence-electron chi connectivity index (χ2n) is 4.78. The quantitative estimate of drug-likeness (QED) is 0.891. The molecular weight excluding hydrogens is 342 g/mol. The third kappa shape index (κ3) is 3.38. The molecule has 0 spiro atoms.